The Hall–Kier alpha value is -3.84. The molecule has 7 heteroatoms. The van der Waals surface area contributed by atoms with E-state index in [1.54, 1.807) is 28.8 Å². The maximum absolute atomic E-state index is 13.1. The minimum Gasteiger partial charge on any atom is -0.478 e. The molecule has 0 atom stereocenters. The largest absolute Gasteiger partial charge is 0.478 e. The molecular weight excluding hydrogens is 412 g/mol. The lowest BCUT2D eigenvalue weighted by Crippen LogP contribution is -2.12. The zero-order valence-electron chi connectivity index (χ0n) is 16.3. The molecule has 0 unspecified atom stereocenters. The molecule has 154 valence electrons. The molecule has 31 heavy (non-hydrogen) atoms. The summed E-state index contributed by atoms with van der Waals surface area (Å²) >= 11 is 1.41. The van der Waals surface area contributed by atoms with Gasteiger partial charge in [-0.15, -0.1) is 11.8 Å². The van der Waals surface area contributed by atoms with E-state index in [0.29, 0.717) is 5.69 Å². The van der Waals surface area contributed by atoms with E-state index in [-0.39, 0.29) is 11.7 Å². The van der Waals surface area contributed by atoms with Gasteiger partial charge in [-0.1, -0.05) is 36.4 Å². The fourth-order valence-electron chi connectivity index (χ4n) is 3.37. The molecule has 0 saturated carbocycles. The van der Waals surface area contributed by atoms with Crippen molar-refractivity contribution < 1.29 is 19.5 Å². The molecule has 6 nitrogen and oxygen atoms in total. The summed E-state index contributed by atoms with van der Waals surface area (Å²) in [5, 5.41) is 13.2. The van der Waals surface area contributed by atoms with Gasteiger partial charge >= 0.3 is 5.97 Å². The van der Waals surface area contributed by atoms with Gasteiger partial charge in [-0.2, -0.15) is 0 Å². The van der Waals surface area contributed by atoms with Crippen molar-refractivity contribution >= 4 is 57.0 Å². The van der Waals surface area contributed by atoms with Crippen LogP contribution in [0, 0.1) is 0 Å². The number of amides is 1. The van der Waals surface area contributed by atoms with E-state index >= 15 is 0 Å². The zero-order chi connectivity index (χ0) is 21.8. The highest BCUT2D eigenvalue weighted by Gasteiger charge is 2.15. The molecule has 1 heterocycles. The molecule has 4 aromatic rings. The maximum atomic E-state index is 13.1. The van der Waals surface area contributed by atoms with Crippen LogP contribution in [0.4, 0.5) is 5.69 Å². The number of carboxylic acid groups (broad SMARTS) is 1. The van der Waals surface area contributed by atoms with E-state index in [2.05, 4.69) is 5.32 Å². The van der Waals surface area contributed by atoms with Crippen molar-refractivity contribution in [3.63, 3.8) is 0 Å². The number of benzene rings is 3. The van der Waals surface area contributed by atoms with Crippen molar-refractivity contribution in [2.45, 2.75) is 4.90 Å². The van der Waals surface area contributed by atoms with Crippen LogP contribution in [-0.2, 0) is 9.59 Å². The van der Waals surface area contributed by atoms with Crippen molar-refractivity contribution in [3.05, 3.63) is 84.9 Å². The Labute approximate surface area is 182 Å². The Kier molecular flexibility index (Phi) is 5.86. The third-order valence-electron chi connectivity index (χ3n) is 4.69. The first-order valence-corrected chi connectivity index (χ1v) is 10.5. The molecular formula is C24H18N2O4S. The number of hydrogen-bond donors (Lipinski definition) is 2. The van der Waals surface area contributed by atoms with Crippen molar-refractivity contribution in [2.24, 2.45) is 0 Å². The zero-order valence-corrected chi connectivity index (χ0v) is 17.1. The molecule has 0 aliphatic carbocycles. The SMILES string of the molecule is O=C(O)/C=C/C(=O)Nc1ccc(SCC(=O)n2c3ccccc3c3ccccc32)cc1. The van der Waals surface area contributed by atoms with Crippen molar-refractivity contribution in [2.75, 3.05) is 11.1 Å². The van der Waals surface area contributed by atoms with Crippen LogP contribution in [0.1, 0.15) is 4.79 Å². The van der Waals surface area contributed by atoms with Crippen LogP contribution in [0.5, 0.6) is 0 Å². The number of hydrogen-bond acceptors (Lipinski definition) is 4. The molecule has 4 rings (SSSR count). The molecule has 0 aliphatic heterocycles. The number of para-hydroxylation sites is 2. The molecule has 1 amide bonds. The number of carbonyl (C=O) groups excluding carboxylic acids is 2. The average molecular weight is 430 g/mol. The van der Waals surface area contributed by atoms with E-state index in [4.69, 9.17) is 5.11 Å². The normalized spacial score (nSPS) is 11.2. The molecule has 0 fully saturated rings. The van der Waals surface area contributed by atoms with E-state index < -0.39 is 11.9 Å². The smallest absolute Gasteiger partial charge is 0.328 e. The first kappa shape index (κ1) is 20.4. The summed E-state index contributed by atoms with van der Waals surface area (Å²) in [5.74, 6) is -1.46. The lowest BCUT2D eigenvalue weighted by molar-refractivity contribution is -0.131. The molecule has 2 N–H and O–H groups in total. The number of carboxylic acids is 1. The van der Waals surface area contributed by atoms with Gasteiger partial charge in [-0.3, -0.25) is 14.2 Å². The van der Waals surface area contributed by atoms with Crippen molar-refractivity contribution in [1.29, 1.82) is 0 Å². The molecule has 0 bridgehead atoms. The quantitative estimate of drug-likeness (QED) is 0.339. The van der Waals surface area contributed by atoms with Crippen LogP contribution in [-0.4, -0.2) is 33.2 Å². The summed E-state index contributed by atoms with van der Waals surface area (Å²) in [5.41, 5.74) is 2.32. The summed E-state index contributed by atoms with van der Waals surface area (Å²) in [6.07, 6.45) is 1.73. The van der Waals surface area contributed by atoms with Crippen LogP contribution in [0.2, 0.25) is 0 Å². The second kappa shape index (κ2) is 8.89. The number of aromatic nitrogens is 1. The van der Waals surface area contributed by atoms with Gasteiger partial charge < -0.3 is 10.4 Å². The second-order valence-electron chi connectivity index (χ2n) is 6.74. The number of aliphatic carboxylic acids is 1. The summed E-state index contributed by atoms with van der Waals surface area (Å²) in [7, 11) is 0. The third kappa shape index (κ3) is 4.51. The van der Waals surface area contributed by atoms with E-state index in [1.165, 1.54) is 11.8 Å². The summed E-state index contributed by atoms with van der Waals surface area (Å²) in [6, 6.07) is 22.8. The van der Waals surface area contributed by atoms with Crippen LogP contribution < -0.4 is 5.32 Å². The Bertz CT molecular complexity index is 1270. The standard InChI is InChI=1S/C24H18N2O4S/c27-22(13-14-24(29)30)25-16-9-11-17(12-10-16)31-15-23(28)26-20-7-3-1-5-18(20)19-6-2-4-8-21(19)26/h1-14H,15H2,(H,25,27)(H,29,30)/b14-13+. The van der Waals surface area contributed by atoms with Gasteiger partial charge in [0, 0.05) is 33.5 Å². The molecule has 3 aromatic carbocycles. The van der Waals surface area contributed by atoms with E-state index in [0.717, 1.165) is 38.9 Å². The Morgan fingerprint density at radius 1 is 0.839 bits per heavy atom. The van der Waals surface area contributed by atoms with Crippen LogP contribution in [0.15, 0.2) is 89.8 Å². The number of rotatable bonds is 6. The highest BCUT2D eigenvalue weighted by molar-refractivity contribution is 8.00. The topological polar surface area (TPSA) is 88.4 Å². The first-order chi connectivity index (χ1) is 15.0. The lowest BCUT2D eigenvalue weighted by atomic mass is 10.2. The summed E-state index contributed by atoms with van der Waals surface area (Å²) < 4.78 is 1.76. The van der Waals surface area contributed by atoms with Gasteiger partial charge in [0.25, 0.3) is 0 Å². The fraction of sp³-hybridized carbons (Fsp3) is 0.0417. The Morgan fingerprint density at radius 3 is 2.00 bits per heavy atom. The Morgan fingerprint density at radius 2 is 1.42 bits per heavy atom. The molecule has 0 saturated heterocycles. The molecule has 0 aliphatic rings. The number of nitrogens with one attached hydrogen (secondary N) is 1. The highest BCUT2D eigenvalue weighted by Crippen LogP contribution is 2.29. The first-order valence-electron chi connectivity index (χ1n) is 9.49. The van der Waals surface area contributed by atoms with Crippen LogP contribution >= 0.6 is 11.8 Å². The monoisotopic (exact) mass is 430 g/mol. The van der Waals surface area contributed by atoms with Gasteiger partial charge in [-0.05, 0) is 36.4 Å². The van der Waals surface area contributed by atoms with Crippen LogP contribution in [0.3, 0.4) is 0 Å². The minimum atomic E-state index is -1.19. The predicted molar refractivity (Wildman–Crippen MR) is 123 cm³/mol. The van der Waals surface area contributed by atoms with Crippen molar-refractivity contribution in [3.8, 4) is 0 Å². The lowest BCUT2D eigenvalue weighted by Gasteiger charge is -2.07. The number of fused-ring (bicyclic) bond motifs is 3. The van der Waals surface area contributed by atoms with E-state index in [1.807, 2.05) is 48.5 Å². The second-order valence-corrected chi connectivity index (χ2v) is 7.79. The highest BCUT2D eigenvalue weighted by atomic mass is 32.2. The predicted octanol–water partition coefficient (Wildman–Crippen LogP) is 4.81. The summed E-state index contributed by atoms with van der Waals surface area (Å²) in [6.45, 7) is 0. The Balaban J connectivity index is 1.47. The summed E-state index contributed by atoms with van der Waals surface area (Å²) in [4.78, 5) is 36.1. The third-order valence-corrected chi connectivity index (χ3v) is 5.69. The molecule has 1 aromatic heterocycles. The fourth-order valence-corrected chi connectivity index (χ4v) is 4.11. The van der Waals surface area contributed by atoms with Gasteiger partial charge in [0.05, 0.1) is 16.8 Å². The molecule has 0 spiro atoms. The van der Waals surface area contributed by atoms with E-state index in [9.17, 15) is 14.4 Å². The van der Waals surface area contributed by atoms with Gasteiger partial charge in [-0.25, -0.2) is 4.79 Å². The number of nitrogens with zero attached hydrogens (tertiary/aromatic N) is 1. The average Bonchev–Trinajstić information content (AvgIpc) is 3.12. The maximum Gasteiger partial charge on any atom is 0.328 e. The number of carbonyl (C=O) groups is 3. The number of anilines is 1. The molecule has 0 radical (unpaired) electrons. The van der Waals surface area contributed by atoms with Gasteiger partial charge in [0.2, 0.25) is 11.8 Å². The van der Waals surface area contributed by atoms with Gasteiger partial charge in [0.1, 0.15) is 0 Å². The van der Waals surface area contributed by atoms with Crippen LogP contribution in [0.25, 0.3) is 21.8 Å². The van der Waals surface area contributed by atoms with Crippen molar-refractivity contribution in [1.82, 2.24) is 4.57 Å². The van der Waals surface area contributed by atoms with Gasteiger partial charge in [0.15, 0.2) is 0 Å². The number of thioether (sulfide) groups is 1. The minimum absolute atomic E-state index is 0.0152.